The molecule has 94 valence electrons. The minimum atomic E-state index is -0.131. The number of benzene rings is 1. The fraction of sp³-hybridized carbons (Fsp3) is 0.600. The van der Waals surface area contributed by atoms with E-state index in [-0.39, 0.29) is 11.2 Å². The summed E-state index contributed by atoms with van der Waals surface area (Å²) in [7, 11) is 0. The Bertz CT molecular complexity index is 386. The van der Waals surface area contributed by atoms with Crippen LogP contribution in [0.2, 0.25) is 0 Å². The molecule has 2 unspecified atom stereocenters. The van der Waals surface area contributed by atoms with E-state index in [1.807, 2.05) is 12.1 Å². The van der Waals surface area contributed by atoms with E-state index in [0.29, 0.717) is 17.8 Å². The van der Waals surface area contributed by atoms with Gasteiger partial charge in [-0.15, -0.1) is 11.6 Å². The predicted octanol–water partition coefficient (Wildman–Crippen LogP) is 4.80. The number of hydrogen-bond donors (Lipinski definition) is 0. The average Bonchev–Trinajstić information content (AvgIpc) is 2.61. The molecule has 2 atom stereocenters. The van der Waals surface area contributed by atoms with Crippen molar-refractivity contribution in [2.24, 2.45) is 11.3 Å². The maximum Gasteiger partial charge on any atom is 0.126 e. The van der Waals surface area contributed by atoms with Crippen molar-refractivity contribution in [3.63, 3.8) is 0 Å². The van der Waals surface area contributed by atoms with Crippen LogP contribution in [0.3, 0.4) is 0 Å². The minimum absolute atomic E-state index is 0.0457. The monoisotopic (exact) mass is 254 g/mol. The van der Waals surface area contributed by atoms with Crippen LogP contribution in [-0.2, 0) is 6.42 Å². The second-order valence-electron chi connectivity index (χ2n) is 5.80. The summed E-state index contributed by atoms with van der Waals surface area (Å²) in [6, 6.07) is 6.95. The summed E-state index contributed by atoms with van der Waals surface area (Å²) in [5.41, 5.74) is 1.05. The molecule has 1 aliphatic carbocycles. The first-order valence-corrected chi connectivity index (χ1v) is 6.82. The van der Waals surface area contributed by atoms with E-state index >= 15 is 0 Å². The molecule has 0 amide bonds. The third kappa shape index (κ3) is 2.82. The molecule has 1 saturated carbocycles. The van der Waals surface area contributed by atoms with Crippen LogP contribution in [0.5, 0.6) is 0 Å². The Balaban J connectivity index is 2.07. The summed E-state index contributed by atoms with van der Waals surface area (Å²) in [5, 5.41) is 0.0457. The lowest BCUT2D eigenvalue weighted by atomic mass is 9.78. The van der Waals surface area contributed by atoms with Crippen molar-refractivity contribution in [3.8, 4) is 0 Å². The van der Waals surface area contributed by atoms with Crippen LogP contribution in [-0.4, -0.2) is 5.38 Å². The standard InChI is InChI=1S/C15H20ClF/c1-15(2)9-5-7-12(15)13(16)10-11-6-3-4-8-14(11)17/h3-4,6,8,12-13H,5,7,9-10H2,1-2H3. The Hall–Kier alpha value is -0.560. The highest BCUT2D eigenvalue weighted by Crippen LogP contribution is 2.46. The largest absolute Gasteiger partial charge is 0.207 e. The quantitative estimate of drug-likeness (QED) is 0.680. The van der Waals surface area contributed by atoms with Crippen LogP contribution >= 0.6 is 11.6 Å². The van der Waals surface area contributed by atoms with Gasteiger partial charge in [0.25, 0.3) is 0 Å². The van der Waals surface area contributed by atoms with Gasteiger partial charge in [0.2, 0.25) is 0 Å². The van der Waals surface area contributed by atoms with Crippen molar-refractivity contribution in [1.82, 2.24) is 0 Å². The second-order valence-corrected chi connectivity index (χ2v) is 6.36. The first kappa shape index (κ1) is 12.9. The van der Waals surface area contributed by atoms with E-state index < -0.39 is 0 Å². The smallest absolute Gasteiger partial charge is 0.126 e. The maximum atomic E-state index is 13.6. The van der Waals surface area contributed by atoms with Gasteiger partial charge in [0, 0.05) is 5.38 Å². The van der Waals surface area contributed by atoms with Gasteiger partial charge in [0.05, 0.1) is 0 Å². The molecule has 0 spiro atoms. The van der Waals surface area contributed by atoms with Crippen LogP contribution in [0.1, 0.15) is 38.7 Å². The highest BCUT2D eigenvalue weighted by Gasteiger charge is 2.38. The Morgan fingerprint density at radius 2 is 2.12 bits per heavy atom. The molecule has 0 bridgehead atoms. The zero-order valence-electron chi connectivity index (χ0n) is 10.5. The first-order chi connectivity index (χ1) is 8.00. The van der Waals surface area contributed by atoms with Gasteiger partial charge in [-0.2, -0.15) is 0 Å². The highest BCUT2D eigenvalue weighted by atomic mass is 35.5. The molecule has 0 aromatic heterocycles. The first-order valence-electron chi connectivity index (χ1n) is 6.38. The number of hydrogen-bond acceptors (Lipinski definition) is 0. The topological polar surface area (TPSA) is 0 Å². The Morgan fingerprint density at radius 3 is 2.71 bits per heavy atom. The van der Waals surface area contributed by atoms with Crippen molar-refractivity contribution in [1.29, 1.82) is 0 Å². The van der Waals surface area contributed by atoms with Gasteiger partial charge >= 0.3 is 0 Å². The van der Waals surface area contributed by atoms with Crippen LogP contribution in [0.15, 0.2) is 24.3 Å². The van der Waals surface area contributed by atoms with Crippen molar-refractivity contribution in [2.75, 3.05) is 0 Å². The normalized spacial score (nSPS) is 24.8. The van der Waals surface area contributed by atoms with Crippen LogP contribution in [0.25, 0.3) is 0 Å². The molecule has 0 aliphatic heterocycles. The summed E-state index contributed by atoms with van der Waals surface area (Å²) in [4.78, 5) is 0. The summed E-state index contributed by atoms with van der Waals surface area (Å²) in [6.45, 7) is 4.56. The lowest BCUT2D eigenvalue weighted by Crippen LogP contribution is -2.27. The summed E-state index contributed by atoms with van der Waals surface area (Å²) >= 11 is 6.51. The number of halogens is 2. The van der Waals surface area contributed by atoms with E-state index in [0.717, 1.165) is 5.56 Å². The third-order valence-corrected chi connectivity index (χ3v) is 4.61. The zero-order chi connectivity index (χ0) is 12.5. The fourth-order valence-corrected chi connectivity index (χ4v) is 3.67. The van der Waals surface area contributed by atoms with Crippen LogP contribution in [0, 0.1) is 17.2 Å². The molecule has 0 radical (unpaired) electrons. The molecule has 17 heavy (non-hydrogen) atoms. The van der Waals surface area contributed by atoms with Crippen molar-refractivity contribution in [2.45, 2.75) is 44.9 Å². The van der Waals surface area contributed by atoms with Gasteiger partial charge in [0.15, 0.2) is 0 Å². The van der Waals surface area contributed by atoms with Gasteiger partial charge < -0.3 is 0 Å². The van der Waals surface area contributed by atoms with E-state index in [9.17, 15) is 4.39 Å². The lowest BCUT2D eigenvalue weighted by molar-refractivity contribution is 0.249. The molecule has 0 heterocycles. The molecule has 2 heteroatoms. The summed E-state index contributed by atoms with van der Waals surface area (Å²) in [5.74, 6) is 0.373. The van der Waals surface area contributed by atoms with E-state index in [2.05, 4.69) is 13.8 Å². The summed E-state index contributed by atoms with van der Waals surface area (Å²) < 4.78 is 13.6. The Labute approximate surface area is 108 Å². The second kappa shape index (κ2) is 4.97. The predicted molar refractivity (Wildman–Crippen MR) is 70.9 cm³/mol. The molecule has 1 aliphatic rings. The number of alkyl halides is 1. The molecule has 2 rings (SSSR count). The van der Waals surface area contributed by atoms with Crippen LogP contribution < -0.4 is 0 Å². The van der Waals surface area contributed by atoms with Gasteiger partial charge in [-0.1, -0.05) is 38.5 Å². The molecule has 1 fully saturated rings. The lowest BCUT2D eigenvalue weighted by Gasteiger charge is -2.31. The summed E-state index contributed by atoms with van der Waals surface area (Å²) in [6.07, 6.45) is 4.30. The molecule has 1 aromatic rings. The van der Waals surface area contributed by atoms with Crippen molar-refractivity contribution < 1.29 is 4.39 Å². The van der Waals surface area contributed by atoms with Gasteiger partial charge in [0.1, 0.15) is 5.82 Å². The highest BCUT2D eigenvalue weighted by molar-refractivity contribution is 6.21. The Kier molecular flexibility index (Phi) is 3.77. The Morgan fingerprint density at radius 1 is 1.41 bits per heavy atom. The van der Waals surface area contributed by atoms with Crippen LogP contribution in [0.4, 0.5) is 4.39 Å². The molecule has 1 aromatic carbocycles. The molecule has 0 saturated heterocycles. The van der Waals surface area contributed by atoms with Crippen molar-refractivity contribution >= 4 is 11.6 Å². The van der Waals surface area contributed by atoms with Gasteiger partial charge in [-0.05, 0) is 42.2 Å². The zero-order valence-corrected chi connectivity index (χ0v) is 11.3. The average molecular weight is 255 g/mol. The van der Waals surface area contributed by atoms with E-state index in [1.54, 1.807) is 6.07 Å². The van der Waals surface area contributed by atoms with Crippen molar-refractivity contribution in [3.05, 3.63) is 35.6 Å². The molecule has 0 nitrogen and oxygen atoms in total. The molecular weight excluding hydrogens is 235 g/mol. The van der Waals surface area contributed by atoms with E-state index in [1.165, 1.54) is 25.3 Å². The minimum Gasteiger partial charge on any atom is -0.207 e. The maximum absolute atomic E-state index is 13.6. The third-order valence-electron chi connectivity index (χ3n) is 4.15. The fourth-order valence-electron chi connectivity index (χ4n) is 3.04. The molecule has 0 N–H and O–H groups in total. The van der Waals surface area contributed by atoms with Gasteiger partial charge in [-0.3, -0.25) is 0 Å². The SMILES string of the molecule is CC1(C)CCCC1C(Cl)Cc1ccccc1F. The molecular formula is C15H20ClF. The van der Waals surface area contributed by atoms with E-state index in [4.69, 9.17) is 11.6 Å². The van der Waals surface area contributed by atoms with Gasteiger partial charge in [-0.25, -0.2) is 4.39 Å². The number of rotatable bonds is 3.